The molecule has 2 aromatic carbocycles. The van der Waals surface area contributed by atoms with Crippen LogP contribution in [0.1, 0.15) is 23.6 Å². The highest BCUT2D eigenvalue weighted by Gasteiger charge is 2.10. The molecule has 0 aliphatic heterocycles. The number of ether oxygens (including phenoxy) is 3. The largest absolute Gasteiger partial charge is 0.493 e. The molecule has 1 unspecified atom stereocenters. The molecule has 0 amide bonds. The Morgan fingerprint density at radius 3 is 2.43 bits per heavy atom. The molecule has 1 atom stereocenters. The topological polar surface area (TPSA) is 53.7 Å². The Labute approximate surface area is 138 Å². The lowest BCUT2D eigenvalue weighted by molar-refractivity contribution is 0.170. The third-order valence-electron chi connectivity index (χ3n) is 3.66. The highest BCUT2D eigenvalue weighted by atomic mass is 16.5. The van der Waals surface area contributed by atoms with Crippen LogP contribution < -0.4 is 15.2 Å². The van der Waals surface area contributed by atoms with Crippen LogP contribution in [0.4, 0.5) is 0 Å². The summed E-state index contributed by atoms with van der Waals surface area (Å²) < 4.78 is 16.2. The zero-order valence-electron chi connectivity index (χ0n) is 13.8. The second-order valence-corrected chi connectivity index (χ2v) is 5.40. The van der Waals surface area contributed by atoms with E-state index in [0.29, 0.717) is 13.2 Å². The van der Waals surface area contributed by atoms with Gasteiger partial charge in [-0.25, -0.2) is 0 Å². The van der Waals surface area contributed by atoms with Crippen molar-refractivity contribution in [2.24, 2.45) is 5.73 Å². The minimum Gasteiger partial charge on any atom is -0.493 e. The fraction of sp³-hybridized carbons (Fsp3) is 0.368. The predicted molar refractivity (Wildman–Crippen MR) is 92.1 cm³/mol. The van der Waals surface area contributed by atoms with E-state index in [4.69, 9.17) is 19.9 Å². The SMILES string of the molecule is COCCCOc1cc(CC(N)c2ccccc2)ccc1OC. The molecule has 2 rings (SSSR count). The van der Waals surface area contributed by atoms with Crippen molar-refractivity contribution in [3.63, 3.8) is 0 Å². The Kier molecular flexibility index (Phi) is 6.91. The van der Waals surface area contributed by atoms with Crippen LogP contribution in [0.15, 0.2) is 48.5 Å². The maximum Gasteiger partial charge on any atom is 0.161 e. The lowest BCUT2D eigenvalue weighted by Crippen LogP contribution is -2.13. The van der Waals surface area contributed by atoms with Crippen molar-refractivity contribution in [3.8, 4) is 11.5 Å². The summed E-state index contributed by atoms with van der Waals surface area (Å²) in [5.74, 6) is 1.49. The monoisotopic (exact) mass is 315 g/mol. The van der Waals surface area contributed by atoms with Gasteiger partial charge in [0.05, 0.1) is 13.7 Å². The molecule has 4 nitrogen and oxygen atoms in total. The van der Waals surface area contributed by atoms with Gasteiger partial charge in [-0.05, 0) is 29.7 Å². The Morgan fingerprint density at radius 2 is 1.74 bits per heavy atom. The van der Waals surface area contributed by atoms with E-state index in [1.165, 1.54) is 0 Å². The van der Waals surface area contributed by atoms with Gasteiger partial charge in [-0.1, -0.05) is 36.4 Å². The van der Waals surface area contributed by atoms with Gasteiger partial charge in [0.1, 0.15) is 0 Å². The number of hydrogen-bond donors (Lipinski definition) is 1. The molecule has 0 spiro atoms. The molecule has 0 bridgehead atoms. The molecule has 124 valence electrons. The van der Waals surface area contributed by atoms with E-state index in [0.717, 1.165) is 35.5 Å². The number of hydrogen-bond acceptors (Lipinski definition) is 4. The van der Waals surface area contributed by atoms with Gasteiger partial charge in [0.2, 0.25) is 0 Å². The molecule has 0 radical (unpaired) electrons. The average Bonchev–Trinajstić information content (AvgIpc) is 2.59. The van der Waals surface area contributed by atoms with E-state index >= 15 is 0 Å². The molecule has 2 aromatic rings. The van der Waals surface area contributed by atoms with Crippen molar-refractivity contribution < 1.29 is 14.2 Å². The molecular weight excluding hydrogens is 290 g/mol. The molecule has 0 aliphatic rings. The van der Waals surface area contributed by atoms with Crippen molar-refractivity contribution in [2.45, 2.75) is 18.9 Å². The summed E-state index contributed by atoms with van der Waals surface area (Å²) in [6, 6.07) is 16.0. The zero-order chi connectivity index (χ0) is 16.5. The van der Waals surface area contributed by atoms with E-state index in [1.807, 2.05) is 36.4 Å². The zero-order valence-corrected chi connectivity index (χ0v) is 13.8. The minimum absolute atomic E-state index is 0.0362. The Balaban J connectivity index is 2.04. The normalized spacial score (nSPS) is 12.0. The van der Waals surface area contributed by atoms with Gasteiger partial charge >= 0.3 is 0 Å². The maximum atomic E-state index is 6.30. The van der Waals surface area contributed by atoms with Crippen molar-refractivity contribution in [1.82, 2.24) is 0 Å². The summed E-state index contributed by atoms with van der Waals surface area (Å²) in [6.45, 7) is 1.28. The number of methoxy groups -OCH3 is 2. The second kappa shape index (κ2) is 9.18. The highest BCUT2D eigenvalue weighted by molar-refractivity contribution is 5.43. The van der Waals surface area contributed by atoms with Crippen LogP contribution in [0.2, 0.25) is 0 Å². The lowest BCUT2D eigenvalue weighted by atomic mass is 9.99. The van der Waals surface area contributed by atoms with E-state index in [2.05, 4.69) is 12.1 Å². The minimum atomic E-state index is -0.0362. The standard InChI is InChI=1S/C19H25NO3/c1-21-11-6-12-23-19-14-15(9-10-18(19)22-2)13-17(20)16-7-4-3-5-8-16/h3-5,7-10,14,17H,6,11-13,20H2,1-2H3. The van der Waals surface area contributed by atoms with E-state index in [-0.39, 0.29) is 6.04 Å². The van der Waals surface area contributed by atoms with Crippen LogP contribution in [0.5, 0.6) is 11.5 Å². The van der Waals surface area contributed by atoms with E-state index < -0.39 is 0 Å². The van der Waals surface area contributed by atoms with Crippen molar-refractivity contribution in [3.05, 3.63) is 59.7 Å². The van der Waals surface area contributed by atoms with Crippen LogP contribution in [0, 0.1) is 0 Å². The second-order valence-electron chi connectivity index (χ2n) is 5.40. The summed E-state index contributed by atoms with van der Waals surface area (Å²) in [5, 5.41) is 0. The van der Waals surface area contributed by atoms with Gasteiger partial charge < -0.3 is 19.9 Å². The van der Waals surface area contributed by atoms with Gasteiger partial charge in [-0.15, -0.1) is 0 Å². The molecule has 23 heavy (non-hydrogen) atoms. The van der Waals surface area contributed by atoms with Crippen molar-refractivity contribution in [2.75, 3.05) is 27.4 Å². The van der Waals surface area contributed by atoms with E-state index in [1.54, 1.807) is 14.2 Å². The van der Waals surface area contributed by atoms with Crippen molar-refractivity contribution >= 4 is 0 Å². The molecule has 0 heterocycles. The smallest absolute Gasteiger partial charge is 0.161 e. The van der Waals surface area contributed by atoms with Crippen LogP contribution in [0.3, 0.4) is 0 Å². The lowest BCUT2D eigenvalue weighted by Gasteiger charge is -2.15. The Bertz CT molecular complexity index is 586. The van der Waals surface area contributed by atoms with Crippen LogP contribution in [0.25, 0.3) is 0 Å². The first-order chi connectivity index (χ1) is 11.2. The highest BCUT2D eigenvalue weighted by Crippen LogP contribution is 2.29. The predicted octanol–water partition coefficient (Wildman–Crippen LogP) is 3.35. The van der Waals surface area contributed by atoms with Gasteiger partial charge in [-0.3, -0.25) is 0 Å². The van der Waals surface area contributed by atoms with Gasteiger partial charge in [0.25, 0.3) is 0 Å². The summed E-state index contributed by atoms with van der Waals surface area (Å²) in [6.07, 6.45) is 1.59. The van der Waals surface area contributed by atoms with Gasteiger partial charge in [0, 0.05) is 26.2 Å². The molecule has 0 fully saturated rings. The van der Waals surface area contributed by atoms with Crippen molar-refractivity contribution in [1.29, 1.82) is 0 Å². The Hall–Kier alpha value is -2.04. The number of rotatable bonds is 9. The van der Waals surface area contributed by atoms with Gasteiger partial charge in [0.15, 0.2) is 11.5 Å². The number of nitrogens with two attached hydrogens (primary N) is 1. The van der Waals surface area contributed by atoms with Crippen LogP contribution in [-0.2, 0) is 11.2 Å². The third-order valence-corrected chi connectivity index (χ3v) is 3.66. The fourth-order valence-electron chi connectivity index (χ4n) is 2.42. The molecule has 0 saturated carbocycles. The first-order valence-electron chi connectivity index (χ1n) is 7.83. The first-order valence-corrected chi connectivity index (χ1v) is 7.83. The molecule has 0 aromatic heterocycles. The first kappa shape index (κ1) is 17.3. The summed E-state index contributed by atoms with van der Waals surface area (Å²) in [5.41, 5.74) is 8.56. The third kappa shape index (κ3) is 5.27. The van der Waals surface area contributed by atoms with Gasteiger partial charge in [-0.2, -0.15) is 0 Å². The quantitative estimate of drug-likeness (QED) is 0.721. The summed E-state index contributed by atoms with van der Waals surface area (Å²) in [4.78, 5) is 0. The molecule has 0 saturated heterocycles. The molecular formula is C19H25NO3. The summed E-state index contributed by atoms with van der Waals surface area (Å²) >= 11 is 0. The molecule has 2 N–H and O–H groups in total. The van der Waals surface area contributed by atoms with Crippen LogP contribution >= 0.6 is 0 Å². The molecule has 0 aliphatic carbocycles. The maximum absolute atomic E-state index is 6.30. The number of benzene rings is 2. The fourth-order valence-corrected chi connectivity index (χ4v) is 2.42. The Morgan fingerprint density at radius 1 is 0.957 bits per heavy atom. The molecule has 4 heteroatoms. The summed E-state index contributed by atoms with van der Waals surface area (Å²) in [7, 11) is 3.33. The van der Waals surface area contributed by atoms with E-state index in [9.17, 15) is 0 Å². The average molecular weight is 315 g/mol. The van der Waals surface area contributed by atoms with Crippen LogP contribution in [-0.4, -0.2) is 27.4 Å².